The summed E-state index contributed by atoms with van der Waals surface area (Å²) in [6.45, 7) is 3.07. The average Bonchev–Trinajstić information content (AvgIpc) is 2.93. The molecule has 104 valence electrons. The van der Waals surface area contributed by atoms with Crippen molar-refractivity contribution in [1.29, 1.82) is 0 Å². The summed E-state index contributed by atoms with van der Waals surface area (Å²) in [6, 6.07) is 7.43. The van der Waals surface area contributed by atoms with Gasteiger partial charge in [0, 0.05) is 18.2 Å². The quantitative estimate of drug-likeness (QED) is 0.842. The van der Waals surface area contributed by atoms with Gasteiger partial charge in [0.2, 0.25) is 5.91 Å². The summed E-state index contributed by atoms with van der Waals surface area (Å²) in [5.74, 6) is 0.501. The van der Waals surface area contributed by atoms with Crippen molar-refractivity contribution in [3.8, 4) is 5.75 Å². The lowest BCUT2D eigenvalue weighted by Crippen LogP contribution is -2.53. The smallest absolute Gasteiger partial charge is 0.243 e. The summed E-state index contributed by atoms with van der Waals surface area (Å²) in [5.41, 5.74) is 5.61. The minimum absolute atomic E-state index is 0.0899. The van der Waals surface area contributed by atoms with Gasteiger partial charge in [-0.05, 0) is 37.6 Å². The molecule has 1 aromatic rings. The molecule has 0 bridgehead atoms. The van der Waals surface area contributed by atoms with Crippen LogP contribution in [0.4, 0.5) is 5.69 Å². The van der Waals surface area contributed by atoms with Crippen LogP contribution in [0.2, 0.25) is 0 Å². The fraction of sp³-hybridized carbons (Fsp3) is 0.500. The first-order valence-electron chi connectivity index (χ1n) is 6.36. The zero-order chi connectivity index (χ0) is 13.9. The second-order valence-corrected chi connectivity index (χ2v) is 4.98. The molecule has 0 aliphatic carbocycles. The van der Waals surface area contributed by atoms with Crippen molar-refractivity contribution in [2.24, 2.45) is 11.7 Å². The Bertz CT molecular complexity index is 441. The Morgan fingerprint density at radius 3 is 2.63 bits per heavy atom. The lowest BCUT2D eigenvalue weighted by molar-refractivity contribution is -0.123. The highest BCUT2D eigenvalue weighted by molar-refractivity contribution is 5.88. The Morgan fingerprint density at radius 1 is 1.47 bits per heavy atom. The SMILES string of the molecule is COc1ccc(NC(C)(C(N)=O)C2CCOC2)cc1. The summed E-state index contributed by atoms with van der Waals surface area (Å²) < 4.78 is 10.5. The Kier molecular flexibility index (Phi) is 3.95. The van der Waals surface area contributed by atoms with Gasteiger partial charge in [0.15, 0.2) is 0 Å². The zero-order valence-corrected chi connectivity index (χ0v) is 11.3. The summed E-state index contributed by atoms with van der Waals surface area (Å²) >= 11 is 0. The molecule has 2 rings (SSSR count). The summed E-state index contributed by atoms with van der Waals surface area (Å²) in [6.07, 6.45) is 0.836. The minimum Gasteiger partial charge on any atom is -0.497 e. The number of rotatable bonds is 5. The molecule has 2 unspecified atom stereocenters. The number of hydrogen-bond donors (Lipinski definition) is 2. The molecule has 0 aromatic heterocycles. The number of nitrogens with two attached hydrogens (primary N) is 1. The van der Waals surface area contributed by atoms with E-state index < -0.39 is 5.54 Å². The second kappa shape index (κ2) is 5.48. The van der Waals surface area contributed by atoms with Gasteiger partial charge in [0.1, 0.15) is 11.3 Å². The Balaban J connectivity index is 2.17. The number of ether oxygens (including phenoxy) is 2. The van der Waals surface area contributed by atoms with Crippen LogP contribution in [0.3, 0.4) is 0 Å². The standard InChI is InChI=1S/C14H20N2O3/c1-14(13(15)17,10-7-8-19-9-10)16-11-3-5-12(18-2)6-4-11/h3-6,10,16H,7-9H2,1-2H3,(H2,15,17). The predicted octanol–water partition coefficient (Wildman–Crippen LogP) is 1.39. The Labute approximate surface area is 113 Å². The van der Waals surface area contributed by atoms with Crippen molar-refractivity contribution < 1.29 is 14.3 Å². The predicted molar refractivity (Wildman–Crippen MR) is 73.1 cm³/mol. The van der Waals surface area contributed by atoms with E-state index in [-0.39, 0.29) is 11.8 Å². The van der Waals surface area contributed by atoms with Crippen molar-refractivity contribution in [3.05, 3.63) is 24.3 Å². The maximum atomic E-state index is 11.8. The van der Waals surface area contributed by atoms with E-state index in [1.165, 1.54) is 0 Å². The van der Waals surface area contributed by atoms with Gasteiger partial charge in [-0.15, -0.1) is 0 Å². The molecule has 1 amide bonds. The Morgan fingerprint density at radius 2 is 2.16 bits per heavy atom. The molecule has 0 spiro atoms. The molecule has 1 fully saturated rings. The third kappa shape index (κ3) is 2.81. The van der Waals surface area contributed by atoms with Crippen LogP contribution in [-0.4, -0.2) is 31.8 Å². The number of amides is 1. The fourth-order valence-corrected chi connectivity index (χ4v) is 2.33. The van der Waals surface area contributed by atoms with Crippen molar-refractivity contribution in [2.45, 2.75) is 18.9 Å². The van der Waals surface area contributed by atoms with E-state index in [4.69, 9.17) is 15.2 Å². The number of carbonyl (C=O) groups excluding carboxylic acids is 1. The van der Waals surface area contributed by atoms with Crippen LogP contribution in [0.5, 0.6) is 5.75 Å². The number of nitrogens with one attached hydrogen (secondary N) is 1. The zero-order valence-electron chi connectivity index (χ0n) is 11.3. The van der Waals surface area contributed by atoms with Crippen LogP contribution < -0.4 is 15.8 Å². The van der Waals surface area contributed by atoms with E-state index >= 15 is 0 Å². The van der Waals surface area contributed by atoms with Gasteiger partial charge in [0.25, 0.3) is 0 Å². The average molecular weight is 264 g/mol. The van der Waals surface area contributed by atoms with Crippen LogP contribution in [0.1, 0.15) is 13.3 Å². The molecule has 1 saturated heterocycles. The van der Waals surface area contributed by atoms with E-state index in [2.05, 4.69) is 5.32 Å². The normalized spacial score (nSPS) is 21.7. The Hall–Kier alpha value is -1.75. The molecule has 1 aliphatic rings. The molecule has 3 N–H and O–H groups in total. The maximum absolute atomic E-state index is 11.8. The first kappa shape index (κ1) is 13.7. The number of methoxy groups -OCH3 is 1. The number of hydrogen-bond acceptors (Lipinski definition) is 4. The van der Waals surface area contributed by atoms with Gasteiger partial charge < -0.3 is 20.5 Å². The van der Waals surface area contributed by atoms with Crippen LogP contribution in [0.25, 0.3) is 0 Å². The van der Waals surface area contributed by atoms with Gasteiger partial charge in [0.05, 0.1) is 13.7 Å². The molecule has 1 aromatic carbocycles. The summed E-state index contributed by atoms with van der Waals surface area (Å²) in [4.78, 5) is 11.8. The van der Waals surface area contributed by atoms with Crippen LogP contribution in [0.15, 0.2) is 24.3 Å². The van der Waals surface area contributed by atoms with Crippen molar-refractivity contribution in [2.75, 3.05) is 25.6 Å². The first-order chi connectivity index (χ1) is 9.06. The topological polar surface area (TPSA) is 73.6 Å². The molecule has 5 heteroatoms. The monoisotopic (exact) mass is 264 g/mol. The van der Waals surface area contributed by atoms with E-state index in [1.54, 1.807) is 7.11 Å². The second-order valence-electron chi connectivity index (χ2n) is 4.98. The van der Waals surface area contributed by atoms with Crippen molar-refractivity contribution in [3.63, 3.8) is 0 Å². The molecule has 0 radical (unpaired) electrons. The number of primary amides is 1. The van der Waals surface area contributed by atoms with E-state index in [9.17, 15) is 4.79 Å². The maximum Gasteiger partial charge on any atom is 0.243 e. The van der Waals surface area contributed by atoms with E-state index in [0.29, 0.717) is 13.2 Å². The highest BCUT2D eigenvalue weighted by Crippen LogP contribution is 2.30. The molecule has 0 saturated carbocycles. The van der Waals surface area contributed by atoms with Crippen LogP contribution in [0, 0.1) is 5.92 Å². The molecule has 5 nitrogen and oxygen atoms in total. The molecular weight excluding hydrogens is 244 g/mol. The van der Waals surface area contributed by atoms with Crippen molar-refractivity contribution >= 4 is 11.6 Å². The molecule has 1 heterocycles. The molecule has 1 aliphatic heterocycles. The molecule has 2 atom stereocenters. The third-order valence-corrected chi connectivity index (χ3v) is 3.75. The number of benzene rings is 1. The van der Waals surface area contributed by atoms with Crippen molar-refractivity contribution in [1.82, 2.24) is 0 Å². The molecule has 19 heavy (non-hydrogen) atoms. The minimum atomic E-state index is -0.801. The first-order valence-corrected chi connectivity index (χ1v) is 6.36. The number of anilines is 1. The highest BCUT2D eigenvalue weighted by atomic mass is 16.5. The lowest BCUT2D eigenvalue weighted by atomic mass is 9.84. The fourth-order valence-electron chi connectivity index (χ4n) is 2.33. The van der Waals surface area contributed by atoms with E-state index in [1.807, 2.05) is 31.2 Å². The van der Waals surface area contributed by atoms with Crippen LogP contribution in [-0.2, 0) is 9.53 Å². The number of carbonyl (C=O) groups is 1. The largest absolute Gasteiger partial charge is 0.497 e. The van der Waals surface area contributed by atoms with Gasteiger partial charge in [-0.1, -0.05) is 0 Å². The summed E-state index contributed by atoms with van der Waals surface area (Å²) in [5, 5.41) is 3.24. The van der Waals surface area contributed by atoms with Crippen LogP contribution >= 0.6 is 0 Å². The summed E-state index contributed by atoms with van der Waals surface area (Å²) in [7, 11) is 1.62. The lowest BCUT2D eigenvalue weighted by Gasteiger charge is -2.33. The van der Waals surface area contributed by atoms with E-state index in [0.717, 1.165) is 17.9 Å². The van der Waals surface area contributed by atoms with Gasteiger partial charge in [-0.2, -0.15) is 0 Å². The van der Waals surface area contributed by atoms with Gasteiger partial charge >= 0.3 is 0 Å². The highest BCUT2D eigenvalue weighted by Gasteiger charge is 2.41. The third-order valence-electron chi connectivity index (χ3n) is 3.75. The van der Waals surface area contributed by atoms with Gasteiger partial charge in [-0.3, -0.25) is 4.79 Å². The van der Waals surface area contributed by atoms with Gasteiger partial charge in [-0.25, -0.2) is 0 Å². The molecular formula is C14H20N2O3.